The van der Waals surface area contributed by atoms with Crippen molar-refractivity contribution in [1.82, 2.24) is 10.6 Å². The molecule has 0 aromatic heterocycles. The summed E-state index contributed by atoms with van der Waals surface area (Å²) < 4.78 is 0. The fourth-order valence-corrected chi connectivity index (χ4v) is 1.18. The molecule has 3 amide bonds. The van der Waals surface area contributed by atoms with Crippen LogP contribution in [0.15, 0.2) is 0 Å². The second-order valence-electron chi connectivity index (χ2n) is 3.96. The van der Waals surface area contributed by atoms with E-state index in [1.165, 1.54) is 0 Å². The average molecular weight is 231 g/mol. The molecule has 0 aromatic carbocycles. The van der Waals surface area contributed by atoms with E-state index in [0.717, 1.165) is 12.8 Å². The van der Waals surface area contributed by atoms with E-state index in [1.807, 2.05) is 12.2 Å². The second kappa shape index (κ2) is 8.06. The molecule has 2 unspecified atom stereocenters. The van der Waals surface area contributed by atoms with Gasteiger partial charge < -0.3 is 16.2 Å². The van der Waals surface area contributed by atoms with Crippen molar-refractivity contribution >= 4 is 11.9 Å². The molecule has 0 aromatic rings. The molecule has 0 bridgehead atoms. The lowest BCUT2D eigenvalue weighted by molar-refractivity contribution is -0.121. The van der Waals surface area contributed by atoms with Crippen LogP contribution in [-0.4, -0.2) is 36.2 Å². The predicted octanol–water partition coefficient (Wildman–Crippen LogP) is -0.432. The lowest BCUT2D eigenvalue weighted by atomic mass is 10.1. The van der Waals surface area contributed by atoms with Crippen molar-refractivity contribution in [3.05, 3.63) is 0 Å². The van der Waals surface area contributed by atoms with Crippen molar-refractivity contribution in [3.63, 3.8) is 0 Å². The van der Waals surface area contributed by atoms with Crippen LogP contribution in [0, 0.1) is 5.92 Å². The van der Waals surface area contributed by atoms with Gasteiger partial charge in [-0.05, 0) is 32.2 Å². The van der Waals surface area contributed by atoms with Gasteiger partial charge in [-0.1, -0.05) is 6.92 Å². The summed E-state index contributed by atoms with van der Waals surface area (Å²) in [7, 11) is 0. The third-order valence-corrected chi connectivity index (χ3v) is 2.28. The number of aliphatic hydroxyl groups is 1. The average Bonchev–Trinajstić information content (AvgIpc) is 2.22. The van der Waals surface area contributed by atoms with Gasteiger partial charge in [0.1, 0.15) is 0 Å². The van der Waals surface area contributed by atoms with Gasteiger partial charge in [-0.15, -0.1) is 0 Å². The van der Waals surface area contributed by atoms with Crippen molar-refractivity contribution in [3.8, 4) is 0 Å². The monoisotopic (exact) mass is 231 g/mol. The first-order valence-corrected chi connectivity index (χ1v) is 5.42. The normalized spacial score (nSPS) is 14.2. The zero-order chi connectivity index (χ0) is 12.6. The zero-order valence-corrected chi connectivity index (χ0v) is 9.82. The van der Waals surface area contributed by atoms with Crippen LogP contribution in [0.2, 0.25) is 0 Å². The number of nitrogens with one attached hydrogen (secondary N) is 2. The van der Waals surface area contributed by atoms with Gasteiger partial charge in [0.05, 0.1) is 6.04 Å². The molecule has 94 valence electrons. The molecule has 6 nitrogen and oxygen atoms in total. The Morgan fingerprint density at radius 2 is 2.00 bits per heavy atom. The van der Waals surface area contributed by atoms with Gasteiger partial charge in [0.25, 0.3) is 0 Å². The number of primary amides is 1. The summed E-state index contributed by atoms with van der Waals surface area (Å²) in [6.07, 6.45) is 1.77. The van der Waals surface area contributed by atoms with E-state index >= 15 is 0 Å². The number of nitrogens with two attached hydrogens (primary N) is 1. The zero-order valence-electron chi connectivity index (χ0n) is 9.82. The Bertz CT molecular complexity index is 233. The summed E-state index contributed by atoms with van der Waals surface area (Å²) in [5.74, 6) is -0.153. The standard InChI is InChI=1S/C10H21N3O3/c1-7(6-14)4-3-5-12-8(2)9(15)13-10(11)16/h7-8,12,14H,3-6H2,1-2H3,(H3,11,13,15,16). The van der Waals surface area contributed by atoms with Crippen LogP contribution in [0.3, 0.4) is 0 Å². The maximum Gasteiger partial charge on any atom is 0.318 e. The third kappa shape index (κ3) is 7.19. The second-order valence-corrected chi connectivity index (χ2v) is 3.96. The molecule has 0 fully saturated rings. The molecule has 0 aliphatic carbocycles. The van der Waals surface area contributed by atoms with E-state index < -0.39 is 18.0 Å². The van der Waals surface area contributed by atoms with Crippen molar-refractivity contribution in [2.75, 3.05) is 13.2 Å². The van der Waals surface area contributed by atoms with Crippen LogP contribution in [0.4, 0.5) is 4.79 Å². The summed E-state index contributed by atoms with van der Waals surface area (Å²) >= 11 is 0. The molecule has 6 heteroatoms. The number of hydrogen-bond acceptors (Lipinski definition) is 4. The molecule has 16 heavy (non-hydrogen) atoms. The van der Waals surface area contributed by atoms with Crippen LogP contribution in [0.1, 0.15) is 26.7 Å². The Balaban J connectivity index is 3.61. The van der Waals surface area contributed by atoms with E-state index in [4.69, 9.17) is 10.8 Å². The summed E-state index contributed by atoms with van der Waals surface area (Å²) in [4.78, 5) is 21.6. The highest BCUT2D eigenvalue weighted by atomic mass is 16.3. The Morgan fingerprint density at radius 3 is 2.50 bits per heavy atom. The fourth-order valence-electron chi connectivity index (χ4n) is 1.18. The van der Waals surface area contributed by atoms with E-state index in [-0.39, 0.29) is 12.5 Å². The lowest BCUT2D eigenvalue weighted by Crippen LogP contribution is -2.46. The maximum absolute atomic E-state index is 11.2. The number of carbonyl (C=O) groups is 2. The molecule has 0 heterocycles. The molecule has 0 rings (SSSR count). The third-order valence-electron chi connectivity index (χ3n) is 2.28. The van der Waals surface area contributed by atoms with Gasteiger partial charge in [-0.3, -0.25) is 10.1 Å². The first kappa shape index (κ1) is 14.9. The highest BCUT2D eigenvalue weighted by Crippen LogP contribution is 2.02. The number of rotatable bonds is 7. The Kier molecular flexibility index (Phi) is 7.49. The number of hydrogen-bond donors (Lipinski definition) is 4. The van der Waals surface area contributed by atoms with Crippen molar-refractivity contribution in [2.24, 2.45) is 11.7 Å². The molecule has 0 saturated carbocycles. The summed E-state index contributed by atoms with van der Waals surface area (Å²) in [5.41, 5.74) is 4.82. The van der Waals surface area contributed by atoms with Crippen LogP contribution < -0.4 is 16.4 Å². The van der Waals surface area contributed by atoms with Gasteiger partial charge in [0, 0.05) is 6.61 Å². The van der Waals surface area contributed by atoms with Crippen LogP contribution >= 0.6 is 0 Å². The lowest BCUT2D eigenvalue weighted by Gasteiger charge is -2.13. The van der Waals surface area contributed by atoms with Crippen molar-refractivity contribution < 1.29 is 14.7 Å². The molecule has 0 spiro atoms. The molecular formula is C10H21N3O3. The number of carbonyl (C=O) groups excluding carboxylic acids is 2. The maximum atomic E-state index is 11.2. The van der Waals surface area contributed by atoms with Crippen LogP contribution in [-0.2, 0) is 4.79 Å². The minimum atomic E-state index is -0.840. The first-order valence-electron chi connectivity index (χ1n) is 5.42. The Morgan fingerprint density at radius 1 is 1.38 bits per heavy atom. The molecule has 0 aliphatic rings. The van der Waals surface area contributed by atoms with Crippen molar-refractivity contribution in [2.45, 2.75) is 32.7 Å². The van der Waals surface area contributed by atoms with Gasteiger partial charge in [-0.25, -0.2) is 4.79 Å². The van der Waals surface area contributed by atoms with Gasteiger partial charge in [0.15, 0.2) is 0 Å². The number of aliphatic hydroxyl groups excluding tert-OH is 1. The summed E-state index contributed by atoms with van der Waals surface area (Å²) in [6, 6.07) is -1.29. The number of amides is 3. The fraction of sp³-hybridized carbons (Fsp3) is 0.800. The minimum Gasteiger partial charge on any atom is -0.396 e. The quantitative estimate of drug-likeness (QED) is 0.446. The largest absolute Gasteiger partial charge is 0.396 e. The molecule has 0 aliphatic heterocycles. The van der Waals surface area contributed by atoms with Gasteiger partial charge in [0.2, 0.25) is 5.91 Å². The SMILES string of the molecule is CC(CO)CCCNC(C)C(=O)NC(N)=O. The summed E-state index contributed by atoms with van der Waals surface area (Å²) in [5, 5.41) is 13.8. The van der Waals surface area contributed by atoms with Crippen LogP contribution in [0.5, 0.6) is 0 Å². The van der Waals surface area contributed by atoms with Crippen molar-refractivity contribution in [1.29, 1.82) is 0 Å². The topological polar surface area (TPSA) is 104 Å². The molecule has 0 radical (unpaired) electrons. The first-order chi connectivity index (χ1) is 7.47. The minimum absolute atomic E-state index is 0.178. The number of urea groups is 1. The Hall–Kier alpha value is -1.14. The highest BCUT2D eigenvalue weighted by molar-refractivity contribution is 5.96. The van der Waals surface area contributed by atoms with E-state index in [0.29, 0.717) is 6.54 Å². The molecule has 2 atom stereocenters. The highest BCUT2D eigenvalue weighted by Gasteiger charge is 2.13. The van der Waals surface area contributed by atoms with Gasteiger partial charge >= 0.3 is 6.03 Å². The molecule has 5 N–H and O–H groups in total. The smallest absolute Gasteiger partial charge is 0.318 e. The molecule has 0 saturated heterocycles. The van der Waals surface area contributed by atoms with E-state index in [9.17, 15) is 9.59 Å². The molecular weight excluding hydrogens is 210 g/mol. The Labute approximate surface area is 95.6 Å². The van der Waals surface area contributed by atoms with E-state index in [2.05, 4.69) is 5.32 Å². The predicted molar refractivity (Wildman–Crippen MR) is 60.7 cm³/mol. The van der Waals surface area contributed by atoms with Gasteiger partial charge in [-0.2, -0.15) is 0 Å². The van der Waals surface area contributed by atoms with E-state index in [1.54, 1.807) is 6.92 Å². The number of imide groups is 1. The summed E-state index contributed by atoms with van der Waals surface area (Å²) in [6.45, 7) is 4.46. The van der Waals surface area contributed by atoms with Crippen LogP contribution in [0.25, 0.3) is 0 Å².